The number of hydrogen-bond donors (Lipinski definition) is 0. The molecule has 2 heterocycles. The van der Waals surface area contributed by atoms with Gasteiger partial charge in [-0.05, 0) is 24.6 Å². The van der Waals surface area contributed by atoms with E-state index in [-0.39, 0.29) is 11.7 Å². The molecule has 30 heavy (non-hydrogen) atoms. The van der Waals surface area contributed by atoms with Gasteiger partial charge in [-0.2, -0.15) is 18.3 Å². The summed E-state index contributed by atoms with van der Waals surface area (Å²) in [5.74, 6) is -0.0439. The first kappa shape index (κ1) is 21.5. The Kier molecular flexibility index (Phi) is 6.51. The van der Waals surface area contributed by atoms with Crippen LogP contribution in [0.4, 0.5) is 13.2 Å². The Labute approximate surface area is 171 Å². The van der Waals surface area contributed by atoms with Crippen LogP contribution in [0.5, 0.6) is 0 Å². The van der Waals surface area contributed by atoms with Crippen molar-refractivity contribution in [3.05, 3.63) is 77.2 Å². The number of carbonyl (C=O) groups is 1. The Morgan fingerprint density at radius 3 is 2.47 bits per heavy atom. The molecule has 6 nitrogen and oxygen atoms in total. The van der Waals surface area contributed by atoms with Crippen molar-refractivity contribution in [2.75, 3.05) is 20.3 Å². The summed E-state index contributed by atoms with van der Waals surface area (Å²) >= 11 is 0. The first-order chi connectivity index (χ1) is 14.3. The minimum absolute atomic E-state index is 0.200. The largest absolute Gasteiger partial charge is 0.417 e. The van der Waals surface area contributed by atoms with Gasteiger partial charge in [0.2, 0.25) is 0 Å². The van der Waals surface area contributed by atoms with Crippen molar-refractivity contribution in [1.29, 1.82) is 0 Å². The fraction of sp³-hybridized carbons (Fsp3) is 0.286. The molecule has 158 valence electrons. The minimum atomic E-state index is -4.47. The molecule has 1 aromatic carbocycles. The second-order valence-corrected chi connectivity index (χ2v) is 6.66. The standard InChI is InChI=1S/C21H21F3N4O2/c1-15-18(13-26-28(15)19-9-8-17(12-25-19)21(22,23)24)20(29)27(10-11-30-2)14-16-6-4-3-5-7-16/h3-9,12-13H,10-11,14H2,1-2H3. The van der Waals surface area contributed by atoms with Crippen molar-refractivity contribution < 1.29 is 22.7 Å². The topological polar surface area (TPSA) is 60.2 Å². The van der Waals surface area contributed by atoms with E-state index in [4.69, 9.17) is 4.74 Å². The maximum absolute atomic E-state index is 13.2. The van der Waals surface area contributed by atoms with Crippen molar-refractivity contribution >= 4 is 5.91 Å². The monoisotopic (exact) mass is 418 g/mol. The van der Waals surface area contributed by atoms with E-state index < -0.39 is 11.7 Å². The van der Waals surface area contributed by atoms with Crippen LogP contribution in [0.2, 0.25) is 0 Å². The maximum atomic E-state index is 13.2. The average molecular weight is 418 g/mol. The van der Waals surface area contributed by atoms with Crippen LogP contribution < -0.4 is 0 Å². The Balaban J connectivity index is 1.85. The molecule has 9 heteroatoms. The Bertz CT molecular complexity index is 986. The Morgan fingerprint density at radius 2 is 1.87 bits per heavy atom. The lowest BCUT2D eigenvalue weighted by Crippen LogP contribution is -2.33. The number of ether oxygens (including phenoxy) is 1. The van der Waals surface area contributed by atoms with Crippen LogP contribution in [0, 0.1) is 6.92 Å². The molecule has 0 N–H and O–H groups in total. The molecular weight excluding hydrogens is 397 g/mol. The number of aromatic nitrogens is 3. The third-order valence-corrected chi connectivity index (χ3v) is 4.60. The van der Waals surface area contributed by atoms with E-state index in [2.05, 4.69) is 10.1 Å². The van der Waals surface area contributed by atoms with Crippen molar-refractivity contribution in [3.8, 4) is 5.82 Å². The highest BCUT2D eigenvalue weighted by Crippen LogP contribution is 2.29. The number of halogens is 3. The van der Waals surface area contributed by atoms with Crippen LogP contribution in [-0.2, 0) is 17.5 Å². The molecule has 0 aliphatic heterocycles. The molecule has 2 aromatic heterocycles. The number of benzene rings is 1. The fourth-order valence-corrected chi connectivity index (χ4v) is 2.96. The normalized spacial score (nSPS) is 11.5. The highest BCUT2D eigenvalue weighted by atomic mass is 19.4. The summed E-state index contributed by atoms with van der Waals surface area (Å²) in [7, 11) is 1.56. The Hall–Kier alpha value is -3.20. The number of pyridine rings is 1. The molecule has 0 aliphatic rings. The van der Waals surface area contributed by atoms with Crippen LogP contribution in [0.1, 0.15) is 27.2 Å². The van der Waals surface area contributed by atoms with Gasteiger partial charge in [0.1, 0.15) is 0 Å². The van der Waals surface area contributed by atoms with Crippen LogP contribution in [0.25, 0.3) is 5.82 Å². The Morgan fingerprint density at radius 1 is 1.13 bits per heavy atom. The van der Waals surface area contributed by atoms with Crippen molar-refractivity contribution in [2.24, 2.45) is 0 Å². The van der Waals surface area contributed by atoms with Crippen molar-refractivity contribution in [3.63, 3.8) is 0 Å². The number of methoxy groups -OCH3 is 1. The SMILES string of the molecule is COCCN(Cc1ccccc1)C(=O)c1cnn(-c2ccc(C(F)(F)F)cn2)c1C. The average Bonchev–Trinajstić information content (AvgIpc) is 3.12. The molecular formula is C21H21F3N4O2. The molecule has 0 spiro atoms. The zero-order chi connectivity index (χ0) is 21.7. The van der Waals surface area contributed by atoms with Gasteiger partial charge in [0.25, 0.3) is 5.91 Å². The summed E-state index contributed by atoms with van der Waals surface area (Å²) in [6, 6.07) is 11.7. The quantitative estimate of drug-likeness (QED) is 0.584. The van der Waals surface area contributed by atoms with Gasteiger partial charge < -0.3 is 9.64 Å². The third kappa shape index (κ3) is 4.85. The molecule has 0 unspecified atom stereocenters. The van der Waals surface area contributed by atoms with Gasteiger partial charge in [0.05, 0.1) is 29.6 Å². The molecule has 0 saturated heterocycles. The summed E-state index contributed by atoms with van der Waals surface area (Å²) in [5.41, 5.74) is 0.962. The number of rotatable bonds is 7. The molecule has 0 saturated carbocycles. The number of hydrogen-bond acceptors (Lipinski definition) is 4. The second-order valence-electron chi connectivity index (χ2n) is 6.66. The predicted octanol–water partition coefficient (Wildman–Crippen LogP) is 3.88. The lowest BCUT2D eigenvalue weighted by molar-refractivity contribution is -0.137. The molecule has 0 fully saturated rings. The molecule has 0 aliphatic carbocycles. The zero-order valence-electron chi connectivity index (χ0n) is 16.6. The summed E-state index contributed by atoms with van der Waals surface area (Å²) in [6.07, 6.45) is -2.31. The van der Waals surface area contributed by atoms with Gasteiger partial charge in [-0.25, -0.2) is 9.67 Å². The maximum Gasteiger partial charge on any atom is 0.417 e. The number of amides is 1. The zero-order valence-corrected chi connectivity index (χ0v) is 16.6. The summed E-state index contributed by atoms with van der Waals surface area (Å²) in [4.78, 5) is 18.6. The van der Waals surface area contributed by atoms with Crippen LogP contribution >= 0.6 is 0 Å². The molecule has 3 rings (SSSR count). The van der Waals surface area contributed by atoms with Crippen molar-refractivity contribution in [1.82, 2.24) is 19.7 Å². The summed E-state index contributed by atoms with van der Waals surface area (Å²) < 4.78 is 44.7. The van der Waals surface area contributed by atoms with E-state index in [1.165, 1.54) is 16.9 Å². The van der Waals surface area contributed by atoms with E-state index in [0.717, 1.165) is 17.8 Å². The van der Waals surface area contributed by atoms with Crippen LogP contribution in [-0.4, -0.2) is 45.8 Å². The smallest absolute Gasteiger partial charge is 0.383 e. The van der Waals surface area contributed by atoms with Gasteiger partial charge in [0.15, 0.2) is 5.82 Å². The number of carbonyl (C=O) groups excluding carboxylic acids is 1. The van der Waals surface area contributed by atoms with Gasteiger partial charge >= 0.3 is 6.18 Å². The molecule has 3 aromatic rings. The minimum Gasteiger partial charge on any atom is -0.383 e. The van der Waals surface area contributed by atoms with E-state index >= 15 is 0 Å². The van der Waals surface area contributed by atoms with Crippen LogP contribution in [0.15, 0.2) is 54.9 Å². The van der Waals surface area contributed by atoms with E-state index in [9.17, 15) is 18.0 Å². The molecule has 0 radical (unpaired) electrons. The van der Waals surface area contributed by atoms with E-state index in [1.54, 1.807) is 18.9 Å². The summed E-state index contributed by atoms with van der Waals surface area (Å²) in [6.45, 7) is 2.82. The van der Waals surface area contributed by atoms with Gasteiger partial charge in [0, 0.05) is 26.4 Å². The first-order valence-corrected chi connectivity index (χ1v) is 9.21. The predicted molar refractivity (Wildman–Crippen MR) is 104 cm³/mol. The van der Waals surface area contributed by atoms with Crippen molar-refractivity contribution in [2.45, 2.75) is 19.6 Å². The fourth-order valence-electron chi connectivity index (χ4n) is 2.96. The van der Waals surface area contributed by atoms with E-state index in [0.29, 0.717) is 31.0 Å². The lowest BCUT2D eigenvalue weighted by atomic mass is 10.1. The number of nitrogens with zero attached hydrogens (tertiary/aromatic N) is 4. The number of alkyl halides is 3. The molecule has 1 amide bonds. The third-order valence-electron chi connectivity index (χ3n) is 4.60. The van der Waals surface area contributed by atoms with Gasteiger partial charge in [-0.1, -0.05) is 30.3 Å². The highest BCUT2D eigenvalue weighted by molar-refractivity contribution is 5.95. The van der Waals surface area contributed by atoms with Gasteiger partial charge in [-0.15, -0.1) is 0 Å². The lowest BCUT2D eigenvalue weighted by Gasteiger charge is -2.22. The highest BCUT2D eigenvalue weighted by Gasteiger charge is 2.31. The summed E-state index contributed by atoms with van der Waals surface area (Å²) in [5, 5.41) is 4.16. The molecule has 0 atom stereocenters. The second kappa shape index (κ2) is 9.08. The van der Waals surface area contributed by atoms with Crippen LogP contribution in [0.3, 0.4) is 0 Å². The van der Waals surface area contributed by atoms with E-state index in [1.807, 2.05) is 30.3 Å². The van der Waals surface area contributed by atoms with Gasteiger partial charge in [-0.3, -0.25) is 4.79 Å². The first-order valence-electron chi connectivity index (χ1n) is 9.21. The molecule has 0 bridgehead atoms.